The van der Waals surface area contributed by atoms with Crippen LogP contribution in [-0.2, 0) is 20.2 Å². The summed E-state index contributed by atoms with van der Waals surface area (Å²) in [7, 11) is -3.66. The molecule has 1 saturated carbocycles. The van der Waals surface area contributed by atoms with E-state index in [1.54, 1.807) is 37.3 Å². The van der Waals surface area contributed by atoms with Crippen LogP contribution in [-0.4, -0.2) is 20.9 Å². The van der Waals surface area contributed by atoms with E-state index in [0.717, 1.165) is 24.0 Å². The molecule has 0 saturated heterocycles. The molecule has 0 aromatic heterocycles. The zero-order valence-electron chi connectivity index (χ0n) is 15.6. The summed E-state index contributed by atoms with van der Waals surface area (Å²) in [6, 6.07) is 12.3. The van der Waals surface area contributed by atoms with Crippen molar-refractivity contribution in [1.82, 2.24) is 5.32 Å². The summed E-state index contributed by atoms with van der Waals surface area (Å²) in [6.07, 6.45) is 3.24. The Kier molecular flexibility index (Phi) is 5.11. The van der Waals surface area contributed by atoms with Gasteiger partial charge in [-0.15, -0.1) is 6.58 Å². The van der Waals surface area contributed by atoms with E-state index < -0.39 is 15.4 Å². The van der Waals surface area contributed by atoms with Crippen LogP contribution in [0.2, 0.25) is 0 Å². The molecule has 27 heavy (non-hydrogen) atoms. The highest BCUT2D eigenvalue weighted by Gasteiger charge is 2.50. The Labute approximate surface area is 160 Å². The molecular weight excluding hydrogens is 360 g/mol. The van der Waals surface area contributed by atoms with Crippen molar-refractivity contribution < 1.29 is 13.2 Å². The Hall–Kier alpha value is -2.60. The van der Waals surface area contributed by atoms with Crippen LogP contribution < -0.4 is 10.0 Å². The number of carbonyl (C=O) groups excluding carboxylic acids is 1. The smallest absolute Gasteiger partial charge is 0.262 e. The molecule has 6 heteroatoms. The van der Waals surface area contributed by atoms with Crippen molar-refractivity contribution in [2.45, 2.75) is 37.0 Å². The van der Waals surface area contributed by atoms with Crippen LogP contribution in [0.4, 0.5) is 5.69 Å². The Morgan fingerprint density at radius 1 is 1.15 bits per heavy atom. The fraction of sp³-hybridized carbons (Fsp3) is 0.286. The summed E-state index contributed by atoms with van der Waals surface area (Å²) in [4.78, 5) is 12.6. The molecule has 1 aliphatic carbocycles. The summed E-state index contributed by atoms with van der Waals surface area (Å²) in [5.41, 5.74) is 2.60. The van der Waals surface area contributed by atoms with E-state index in [0.29, 0.717) is 17.8 Å². The molecule has 2 N–H and O–H groups in total. The lowest BCUT2D eigenvalue weighted by Crippen LogP contribution is -2.34. The molecular formula is C21H24N2O3S. The van der Waals surface area contributed by atoms with Gasteiger partial charge in [0.05, 0.1) is 10.3 Å². The van der Waals surface area contributed by atoms with Gasteiger partial charge in [0.2, 0.25) is 5.91 Å². The number of carbonyl (C=O) groups is 1. The van der Waals surface area contributed by atoms with E-state index in [1.807, 2.05) is 25.1 Å². The van der Waals surface area contributed by atoms with Gasteiger partial charge in [0.25, 0.3) is 10.0 Å². The van der Waals surface area contributed by atoms with Gasteiger partial charge >= 0.3 is 0 Å². The molecule has 0 spiro atoms. The maximum Gasteiger partial charge on any atom is 0.262 e. The minimum atomic E-state index is -3.66. The highest BCUT2D eigenvalue weighted by atomic mass is 32.2. The van der Waals surface area contributed by atoms with E-state index in [1.165, 1.54) is 0 Å². The molecule has 2 aromatic rings. The van der Waals surface area contributed by atoms with Crippen LogP contribution >= 0.6 is 0 Å². The van der Waals surface area contributed by atoms with Gasteiger partial charge in [-0.25, -0.2) is 8.42 Å². The summed E-state index contributed by atoms with van der Waals surface area (Å²) in [5.74, 6) is -0.00832. The van der Waals surface area contributed by atoms with Crippen molar-refractivity contribution >= 4 is 21.6 Å². The molecule has 0 aliphatic heterocycles. The van der Waals surface area contributed by atoms with Gasteiger partial charge < -0.3 is 5.32 Å². The number of benzene rings is 2. The Morgan fingerprint density at radius 3 is 2.37 bits per heavy atom. The lowest BCUT2D eigenvalue weighted by atomic mass is 9.95. The maximum atomic E-state index is 12.7. The summed E-state index contributed by atoms with van der Waals surface area (Å²) >= 11 is 0. The quantitative estimate of drug-likeness (QED) is 0.718. The minimum absolute atomic E-state index is 0.00832. The second-order valence-corrected chi connectivity index (χ2v) is 8.68. The molecule has 0 unspecified atom stereocenters. The fourth-order valence-electron chi connectivity index (χ4n) is 3.27. The lowest BCUT2D eigenvalue weighted by molar-refractivity contribution is -0.123. The molecule has 0 bridgehead atoms. The topological polar surface area (TPSA) is 75.3 Å². The average molecular weight is 385 g/mol. The van der Waals surface area contributed by atoms with Crippen molar-refractivity contribution in [3.63, 3.8) is 0 Å². The summed E-state index contributed by atoms with van der Waals surface area (Å²) < 4.78 is 28.0. The highest BCUT2D eigenvalue weighted by molar-refractivity contribution is 7.92. The van der Waals surface area contributed by atoms with Crippen LogP contribution in [0.15, 0.2) is 60.0 Å². The van der Waals surface area contributed by atoms with E-state index in [4.69, 9.17) is 0 Å². The van der Waals surface area contributed by atoms with Gasteiger partial charge in [-0.2, -0.15) is 0 Å². The van der Waals surface area contributed by atoms with E-state index in [-0.39, 0.29) is 10.8 Å². The van der Waals surface area contributed by atoms with Crippen molar-refractivity contribution in [3.05, 3.63) is 71.8 Å². The Bertz CT molecular complexity index is 975. The van der Waals surface area contributed by atoms with Gasteiger partial charge in [0.1, 0.15) is 0 Å². The third kappa shape index (κ3) is 3.90. The first-order valence-corrected chi connectivity index (χ1v) is 10.4. The first kappa shape index (κ1) is 19.2. The normalized spacial score (nSPS) is 15.0. The molecule has 2 aromatic carbocycles. The van der Waals surface area contributed by atoms with E-state index in [2.05, 4.69) is 16.6 Å². The van der Waals surface area contributed by atoms with Gasteiger partial charge in [-0.3, -0.25) is 9.52 Å². The fourth-order valence-corrected chi connectivity index (χ4v) is 4.56. The van der Waals surface area contributed by atoms with Gasteiger partial charge in [0, 0.05) is 12.2 Å². The third-order valence-corrected chi connectivity index (χ3v) is 6.44. The molecule has 1 fully saturated rings. The number of rotatable bonds is 7. The number of nitrogens with one attached hydrogen (secondary N) is 2. The predicted octanol–water partition coefficient (Wildman–Crippen LogP) is 3.44. The van der Waals surface area contributed by atoms with Crippen LogP contribution in [0.1, 0.15) is 29.5 Å². The minimum Gasteiger partial charge on any atom is -0.352 e. The van der Waals surface area contributed by atoms with Crippen molar-refractivity contribution in [1.29, 1.82) is 0 Å². The lowest BCUT2D eigenvalue weighted by Gasteiger charge is -2.16. The molecule has 0 atom stereocenters. The molecule has 0 heterocycles. The van der Waals surface area contributed by atoms with Crippen LogP contribution in [0.5, 0.6) is 0 Å². The van der Waals surface area contributed by atoms with Crippen LogP contribution in [0.25, 0.3) is 0 Å². The number of hydrogen-bond donors (Lipinski definition) is 2. The standard InChI is InChI=1S/C21H24N2O3S/c1-4-13-22-20(24)21(11-12-21)17-6-8-18(9-7-17)23-27(25,26)19-10-5-15(2)14-16(19)3/h4-10,14,23H,1,11-13H2,2-3H3,(H,22,24). The summed E-state index contributed by atoms with van der Waals surface area (Å²) in [5, 5.41) is 2.85. The number of sulfonamides is 1. The molecule has 3 rings (SSSR count). The van der Waals surface area contributed by atoms with Gasteiger partial charge in [0.15, 0.2) is 0 Å². The largest absolute Gasteiger partial charge is 0.352 e. The first-order valence-electron chi connectivity index (χ1n) is 8.88. The molecule has 142 valence electrons. The zero-order chi connectivity index (χ0) is 19.7. The average Bonchev–Trinajstić information content (AvgIpc) is 3.41. The Balaban J connectivity index is 1.78. The highest BCUT2D eigenvalue weighted by Crippen LogP contribution is 2.48. The monoisotopic (exact) mass is 384 g/mol. The van der Waals surface area contributed by atoms with Gasteiger partial charge in [-0.05, 0) is 56.0 Å². The molecule has 1 amide bonds. The Morgan fingerprint density at radius 2 is 1.81 bits per heavy atom. The van der Waals surface area contributed by atoms with Crippen LogP contribution in [0.3, 0.4) is 0 Å². The number of aryl methyl sites for hydroxylation is 2. The SMILES string of the molecule is C=CCNC(=O)C1(c2ccc(NS(=O)(=O)c3ccc(C)cc3C)cc2)CC1. The molecule has 0 radical (unpaired) electrons. The van der Waals surface area contributed by atoms with Crippen molar-refractivity contribution in [2.24, 2.45) is 0 Å². The second-order valence-electron chi connectivity index (χ2n) is 7.03. The maximum absolute atomic E-state index is 12.7. The third-order valence-electron chi connectivity index (χ3n) is 4.90. The van der Waals surface area contributed by atoms with Crippen LogP contribution in [0, 0.1) is 13.8 Å². The number of hydrogen-bond acceptors (Lipinski definition) is 3. The molecule has 1 aliphatic rings. The molecule has 5 nitrogen and oxygen atoms in total. The predicted molar refractivity (Wildman–Crippen MR) is 107 cm³/mol. The number of anilines is 1. The first-order chi connectivity index (χ1) is 12.8. The summed E-state index contributed by atoms with van der Waals surface area (Å²) in [6.45, 7) is 7.75. The van der Waals surface area contributed by atoms with Crippen molar-refractivity contribution in [2.75, 3.05) is 11.3 Å². The van der Waals surface area contributed by atoms with E-state index in [9.17, 15) is 13.2 Å². The number of amides is 1. The second kappa shape index (κ2) is 7.19. The van der Waals surface area contributed by atoms with Gasteiger partial charge in [-0.1, -0.05) is 35.9 Å². The van der Waals surface area contributed by atoms with E-state index >= 15 is 0 Å². The van der Waals surface area contributed by atoms with Crippen molar-refractivity contribution in [3.8, 4) is 0 Å². The zero-order valence-corrected chi connectivity index (χ0v) is 16.4.